The first-order valence-corrected chi connectivity index (χ1v) is 7.65. The van der Waals surface area contributed by atoms with Crippen molar-refractivity contribution in [1.82, 2.24) is 9.47 Å². The topological polar surface area (TPSA) is 51.5 Å². The van der Waals surface area contributed by atoms with Crippen molar-refractivity contribution in [3.8, 4) is 5.75 Å². The van der Waals surface area contributed by atoms with Gasteiger partial charge in [0.1, 0.15) is 5.75 Å². The minimum atomic E-state index is -0.0519. The molecule has 5 heteroatoms. The van der Waals surface area contributed by atoms with Gasteiger partial charge in [-0.15, -0.1) is 0 Å². The second-order valence-electron chi connectivity index (χ2n) is 4.98. The van der Waals surface area contributed by atoms with Gasteiger partial charge in [0.05, 0.1) is 5.39 Å². The van der Waals surface area contributed by atoms with Crippen molar-refractivity contribution >= 4 is 16.7 Å². The predicted octanol–water partition coefficient (Wildman–Crippen LogP) is 2.27. The molecular weight excluding hydrogens is 280 g/mol. The number of hydrogen-bond acceptors (Lipinski definition) is 3. The van der Waals surface area contributed by atoms with Crippen molar-refractivity contribution in [2.45, 2.75) is 27.3 Å². The van der Waals surface area contributed by atoms with E-state index in [9.17, 15) is 9.59 Å². The van der Waals surface area contributed by atoms with Gasteiger partial charge in [-0.1, -0.05) is 6.07 Å². The molecule has 2 rings (SSSR count). The molecule has 0 spiro atoms. The minimum Gasteiger partial charge on any atom is -0.483 e. The molecule has 22 heavy (non-hydrogen) atoms. The Morgan fingerprint density at radius 2 is 1.86 bits per heavy atom. The summed E-state index contributed by atoms with van der Waals surface area (Å²) in [6.45, 7) is 7.73. The lowest BCUT2D eigenvalue weighted by molar-refractivity contribution is -0.132. The number of rotatable bonds is 6. The zero-order valence-electron chi connectivity index (χ0n) is 13.3. The van der Waals surface area contributed by atoms with Gasteiger partial charge in [0.2, 0.25) is 0 Å². The Kier molecular flexibility index (Phi) is 5.20. The van der Waals surface area contributed by atoms with Crippen LogP contribution in [0.2, 0.25) is 0 Å². The number of nitrogens with zero attached hydrogens (tertiary/aromatic N) is 2. The molecule has 0 aliphatic heterocycles. The van der Waals surface area contributed by atoms with Gasteiger partial charge in [0, 0.05) is 31.2 Å². The molecule has 0 bridgehead atoms. The highest BCUT2D eigenvalue weighted by Crippen LogP contribution is 2.23. The molecule has 0 saturated carbocycles. The van der Waals surface area contributed by atoms with E-state index in [2.05, 4.69) is 0 Å². The molecule has 1 heterocycles. The van der Waals surface area contributed by atoms with E-state index in [1.165, 1.54) is 0 Å². The van der Waals surface area contributed by atoms with E-state index in [4.69, 9.17) is 4.74 Å². The van der Waals surface area contributed by atoms with Crippen LogP contribution in [0, 0.1) is 0 Å². The number of pyridine rings is 1. The van der Waals surface area contributed by atoms with Crippen LogP contribution in [0.5, 0.6) is 5.75 Å². The highest BCUT2D eigenvalue weighted by atomic mass is 16.5. The van der Waals surface area contributed by atoms with Crippen molar-refractivity contribution in [3.63, 3.8) is 0 Å². The number of hydrogen-bond donors (Lipinski definition) is 0. The quantitative estimate of drug-likeness (QED) is 0.822. The van der Waals surface area contributed by atoms with E-state index in [1.807, 2.05) is 26.8 Å². The molecule has 1 amide bonds. The monoisotopic (exact) mass is 302 g/mol. The summed E-state index contributed by atoms with van der Waals surface area (Å²) in [6, 6.07) is 7.20. The van der Waals surface area contributed by atoms with Gasteiger partial charge in [-0.3, -0.25) is 9.59 Å². The fourth-order valence-electron chi connectivity index (χ4n) is 2.47. The fourth-order valence-corrected chi connectivity index (χ4v) is 2.47. The lowest BCUT2D eigenvalue weighted by Gasteiger charge is -2.19. The highest BCUT2D eigenvalue weighted by Gasteiger charge is 2.12. The molecule has 0 atom stereocenters. The molecule has 0 unspecified atom stereocenters. The average Bonchev–Trinajstić information content (AvgIpc) is 2.54. The van der Waals surface area contributed by atoms with E-state index in [-0.39, 0.29) is 18.1 Å². The molecule has 0 aliphatic rings. The Bertz CT molecular complexity index is 717. The van der Waals surface area contributed by atoms with Crippen LogP contribution in [0.4, 0.5) is 0 Å². The fraction of sp³-hybridized carbons (Fsp3) is 0.412. The van der Waals surface area contributed by atoms with E-state index in [0.29, 0.717) is 30.8 Å². The molecule has 0 N–H and O–H groups in total. The Labute approximate surface area is 130 Å². The van der Waals surface area contributed by atoms with Crippen molar-refractivity contribution < 1.29 is 9.53 Å². The van der Waals surface area contributed by atoms with E-state index >= 15 is 0 Å². The Morgan fingerprint density at radius 3 is 2.50 bits per heavy atom. The number of amides is 1. The van der Waals surface area contributed by atoms with Crippen molar-refractivity contribution in [3.05, 3.63) is 40.8 Å². The number of aryl methyl sites for hydroxylation is 1. The molecule has 118 valence electrons. The SMILES string of the molecule is CCN(CC)C(=O)COc1cccc2c(=O)n(CC)ccc12. The number of fused-ring (bicyclic) bond motifs is 1. The summed E-state index contributed by atoms with van der Waals surface area (Å²) in [5, 5.41) is 1.35. The second kappa shape index (κ2) is 7.11. The third-order valence-electron chi connectivity index (χ3n) is 3.79. The highest BCUT2D eigenvalue weighted by molar-refractivity contribution is 5.88. The van der Waals surface area contributed by atoms with Crippen LogP contribution in [-0.4, -0.2) is 35.1 Å². The zero-order valence-corrected chi connectivity index (χ0v) is 13.3. The Balaban J connectivity index is 2.28. The number of ether oxygens (including phenoxy) is 1. The van der Waals surface area contributed by atoms with Crippen molar-refractivity contribution in [1.29, 1.82) is 0 Å². The number of benzene rings is 1. The summed E-state index contributed by atoms with van der Waals surface area (Å²) >= 11 is 0. The number of likely N-dealkylation sites (N-methyl/N-ethyl adjacent to an activating group) is 1. The first-order chi connectivity index (χ1) is 10.6. The number of aromatic nitrogens is 1. The van der Waals surface area contributed by atoms with Crippen LogP contribution in [0.15, 0.2) is 35.3 Å². The Hall–Kier alpha value is -2.30. The summed E-state index contributed by atoms with van der Waals surface area (Å²) in [5.41, 5.74) is -0.0412. The van der Waals surface area contributed by atoms with E-state index in [0.717, 1.165) is 5.39 Å². The normalized spacial score (nSPS) is 10.7. The van der Waals surface area contributed by atoms with Crippen LogP contribution >= 0.6 is 0 Å². The lowest BCUT2D eigenvalue weighted by Crippen LogP contribution is -2.34. The summed E-state index contributed by atoms with van der Waals surface area (Å²) in [6.07, 6.45) is 1.75. The lowest BCUT2D eigenvalue weighted by atomic mass is 10.1. The third kappa shape index (κ3) is 3.13. The summed E-state index contributed by atoms with van der Waals surface area (Å²) in [7, 11) is 0. The van der Waals surface area contributed by atoms with Crippen LogP contribution in [-0.2, 0) is 11.3 Å². The predicted molar refractivity (Wildman–Crippen MR) is 87.3 cm³/mol. The molecule has 1 aromatic carbocycles. The van der Waals surface area contributed by atoms with Crippen LogP contribution in [0.3, 0.4) is 0 Å². The summed E-state index contributed by atoms with van der Waals surface area (Å²) in [5.74, 6) is 0.516. The van der Waals surface area contributed by atoms with Crippen LogP contribution in [0.1, 0.15) is 20.8 Å². The van der Waals surface area contributed by atoms with Crippen LogP contribution in [0.25, 0.3) is 10.8 Å². The second-order valence-corrected chi connectivity index (χ2v) is 4.98. The summed E-state index contributed by atoms with van der Waals surface area (Å²) < 4.78 is 7.30. The standard InChI is InChI=1S/C17H22N2O3/c1-4-18(5-2)16(20)12-22-15-9-7-8-14-13(15)10-11-19(6-3)17(14)21/h7-11H,4-6,12H2,1-3H3. The number of carbonyl (C=O) groups excluding carboxylic acids is 1. The van der Waals surface area contributed by atoms with Gasteiger partial charge in [-0.25, -0.2) is 0 Å². The maximum atomic E-state index is 12.3. The van der Waals surface area contributed by atoms with E-state index < -0.39 is 0 Å². The maximum absolute atomic E-state index is 12.3. The zero-order chi connectivity index (χ0) is 16.1. The van der Waals surface area contributed by atoms with E-state index in [1.54, 1.807) is 33.9 Å². The molecule has 0 radical (unpaired) electrons. The van der Waals surface area contributed by atoms with Crippen LogP contribution < -0.4 is 10.3 Å². The largest absolute Gasteiger partial charge is 0.483 e. The molecule has 5 nitrogen and oxygen atoms in total. The molecule has 0 aliphatic carbocycles. The average molecular weight is 302 g/mol. The van der Waals surface area contributed by atoms with Gasteiger partial charge in [-0.2, -0.15) is 0 Å². The van der Waals surface area contributed by atoms with Crippen molar-refractivity contribution in [2.75, 3.05) is 19.7 Å². The van der Waals surface area contributed by atoms with Gasteiger partial charge in [0.25, 0.3) is 11.5 Å². The summed E-state index contributed by atoms with van der Waals surface area (Å²) in [4.78, 5) is 26.0. The number of carbonyl (C=O) groups is 1. The molecule has 1 aromatic heterocycles. The molecule has 2 aromatic rings. The molecule has 0 saturated heterocycles. The first kappa shape index (κ1) is 16.1. The first-order valence-electron chi connectivity index (χ1n) is 7.65. The van der Waals surface area contributed by atoms with Gasteiger partial charge >= 0.3 is 0 Å². The molecule has 0 fully saturated rings. The maximum Gasteiger partial charge on any atom is 0.260 e. The van der Waals surface area contributed by atoms with Crippen molar-refractivity contribution in [2.24, 2.45) is 0 Å². The smallest absolute Gasteiger partial charge is 0.260 e. The molecular formula is C17H22N2O3. The Morgan fingerprint density at radius 1 is 1.14 bits per heavy atom. The third-order valence-corrected chi connectivity index (χ3v) is 3.79. The van der Waals surface area contributed by atoms with Gasteiger partial charge in [0.15, 0.2) is 6.61 Å². The van der Waals surface area contributed by atoms with Gasteiger partial charge < -0.3 is 14.2 Å². The van der Waals surface area contributed by atoms with Gasteiger partial charge in [-0.05, 0) is 39.0 Å². The minimum absolute atomic E-state index is 0.0162.